The molecule has 110 valence electrons. The van der Waals surface area contributed by atoms with E-state index in [-0.39, 0.29) is 23.8 Å². The minimum absolute atomic E-state index is 0.0204. The monoisotopic (exact) mass is 269 g/mol. The van der Waals surface area contributed by atoms with Crippen LogP contribution in [0.4, 0.5) is 0 Å². The van der Waals surface area contributed by atoms with E-state index in [4.69, 9.17) is 0 Å². The molecule has 0 bridgehead atoms. The third-order valence-electron chi connectivity index (χ3n) is 4.01. The van der Waals surface area contributed by atoms with Crippen molar-refractivity contribution in [2.24, 2.45) is 11.3 Å². The van der Waals surface area contributed by atoms with E-state index in [1.165, 1.54) is 0 Å². The Bertz CT molecular complexity index is 340. The molecule has 0 aromatic carbocycles. The van der Waals surface area contributed by atoms with Crippen molar-refractivity contribution in [2.45, 2.75) is 27.2 Å². The highest BCUT2D eigenvalue weighted by atomic mass is 16.2. The van der Waals surface area contributed by atoms with E-state index in [2.05, 4.69) is 26.1 Å². The zero-order valence-electron chi connectivity index (χ0n) is 12.8. The fourth-order valence-electron chi connectivity index (χ4n) is 2.31. The van der Waals surface area contributed by atoms with Crippen LogP contribution < -0.4 is 5.32 Å². The van der Waals surface area contributed by atoms with E-state index < -0.39 is 0 Å². The Morgan fingerprint density at radius 3 is 2.53 bits per heavy atom. The molecule has 0 saturated carbocycles. The lowest BCUT2D eigenvalue weighted by Gasteiger charge is -2.43. The quantitative estimate of drug-likeness (QED) is 0.811. The average Bonchev–Trinajstić information content (AvgIpc) is 2.28. The first-order valence-electron chi connectivity index (χ1n) is 6.91. The van der Waals surface area contributed by atoms with Gasteiger partial charge in [-0.05, 0) is 31.8 Å². The first-order valence-corrected chi connectivity index (χ1v) is 6.91. The van der Waals surface area contributed by atoms with Crippen LogP contribution in [0, 0.1) is 11.3 Å². The predicted molar refractivity (Wildman–Crippen MR) is 75.7 cm³/mol. The van der Waals surface area contributed by atoms with Gasteiger partial charge in [-0.2, -0.15) is 0 Å². The number of amides is 2. The SMILES string of the molecule is C[C@@H]1CCN(C(=O)CNC(=O)CN(C)C)CC1(C)C. The Balaban J connectivity index is 2.40. The maximum Gasteiger partial charge on any atom is 0.241 e. The number of carbonyl (C=O) groups is 2. The van der Waals surface area contributed by atoms with Gasteiger partial charge in [0, 0.05) is 13.1 Å². The van der Waals surface area contributed by atoms with Crippen molar-refractivity contribution in [3.05, 3.63) is 0 Å². The van der Waals surface area contributed by atoms with Crippen molar-refractivity contribution in [1.29, 1.82) is 0 Å². The standard InChI is InChI=1S/C14H27N3O2/c1-11-6-7-17(10-14(11,2)3)13(19)8-15-12(18)9-16(4)5/h11H,6-10H2,1-5H3,(H,15,18)/t11-/m1/s1. The van der Waals surface area contributed by atoms with Gasteiger partial charge >= 0.3 is 0 Å². The highest BCUT2D eigenvalue weighted by molar-refractivity contribution is 5.85. The first-order chi connectivity index (χ1) is 8.72. The Labute approximate surface area is 116 Å². The van der Waals surface area contributed by atoms with Gasteiger partial charge in [0.25, 0.3) is 0 Å². The predicted octanol–water partition coefficient (Wildman–Crippen LogP) is 0.559. The third-order valence-corrected chi connectivity index (χ3v) is 4.01. The van der Waals surface area contributed by atoms with Crippen molar-refractivity contribution in [3.63, 3.8) is 0 Å². The molecule has 0 aliphatic carbocycles. The maximum atomic E-state index is 12.1. The van der Waals surface area contributed by atoms with Crippen molar-refractivity contribution >= 4 is 11.8 Å². The van der Waals surface area contributed by atoms with Gasteiger partial charge in [-0.15, -0.1) is 0 Å². The number of rotatable bonds is 4. The van der Waals surface area contributed by atoms with Crippen LogP contribution in [0.5, 0.6) is 0 Å². The molecule has 1 heterocycles. The van der Waals surface area contributed by atoms with E-state index in [9.17, 15) is 9.59 Å². The van der Waals surface area contributed by atoms with Crippen molar-refractivity contribution < 1.29 is 9.59 Å². The molecule has 1 rings (SSSR count). The van der Waals surface area contributed by atoms with Crippen LogP contribution in [-0.2, 0) is 9.59 Å². The van der Waals surface area contributed by atoms with E-state index in [0.29, 0.717) is 12.5 Å². The minimum atomic E-state index is -0.108. The number of nitrogens with one attached hydrogen (secondary N) is 1. The van der Waals surface area contributed by atoms with E-state index in [1.807, 2.05) is 19.0 Å². The van der Waals surface area contributed by atoms with Crippen LogP contribution in [-0.4, -0.2) is 61.9 Å². The summed E-state index contributed by atoms with van der Waals surface area (Å²) in [6.07, 6.45) is 1.03. The number of likely N-dealkylation sites (N-methyl/N-ethyl adjacent to an activating group) is 1. The highest BCUT2D eigenvalue weighted by Gasteiger charge is 2.34. The van der Waals surface area contributed by atoms with Crippen molar-refractivity contribution in [2.75, 3.05) is 40.3 Å². The molecule has 1 saturated heterocycles. The molecular formula is C14H27N3O2. The van der Waals surface area contributed by atoms with Gasteiger partial charge in [0.1, 0.15) is 0 Å². The molecule has 1 N–H and O–H groups in total. The van der Waals surface area contributed by atoms with Crippen LogP contribution in [0.25, 0.3) is 0 Å². The molecule has 1 aliphatic heterocycles. The molecule has 2 amide bonds. The number of hydrogen-bond acceptors (Lipinski definition) is 3. The summed E-state index contributed by atoms with van der Waals surface area (Å²) in [6, 6.07) is 0. The lowest BCUT2D eigenvalue weighted by Crippen LogP contribution is -2.50. The van der Waals surface area contributed by atoms with Crippen LogP contribution >= 0.6 is 0 Å². The number of likely N-dealkylation sites (tertiary alicyclic amines) is 1. The lowest BCUT2D eigenvalue weighted by molar-refractivity contribution is -0.136. The van der Waals surface area contributed by atoms with Crippen LogP contribution in [0.3, 0.4) is 0 Å². The average molecular weight is 269 g/mol. The molecule has 0 radical (unpaired) electrons. The van der Waals surface area contributed by atoms with E-state index >= 15 is 0 Å². The summed E-state index contributed by atoms with van der Waals surface area (Å²) in [6.45, 7) is 8.63. The van der Waals surface area contributed by atoms with Gasteiger partial charge in [0.15, 0.2) is 0 Å². The van der Waals surface area contributed by atoms with Gasteiger partial charge in [-0.3, -0.25) is 9.59 Å². The first kappa shape index (κ1) is 16.0. The van der Waals surface area contributed by atoms with Crippen LogP contribution in [0.2, 0.25) is 0 Å². The number of piperidine rings is 1. The lowest BCUT2D eigenvalue weighted by atomic mass is 9.75. The Hall–Kier alpha value is -1.10. The Morgan fingerprint density at radius 1 is 1.37 bits per heavy atom. The summed E-state index contributed by atoms with van der Waals surface area (Å²) >= 11 is 0. The Kier molecular flexibility index (Phi) is 5.35. The third kappa shape index (κ3) is 4.82. The van der Waals surface area contributed by atoms with Gasteiger partial charge < -0.3 is 15.1 Å². The van der Waals surface area contributed by atoms with Gasteiger partial charge in [0.05, 0.1) is 13.1 Å². The second kappa shape index (κ2) is 6.37. The molecule has 1 aliphatic rings. The molecular weight excluding hydrogens is 242 g/mol. The highest BCUT2D eigenvalue weighted by Crippen LogP contribution is 2.34. The number of nitrogens with zero attached hydrogens (tertiary/aromatic N) is 2. The molecule has 0 aromatic rings. The van der Waals surface area contributed by atoms with Gasteiger partial charge in [-0.1, -0.05) is 20.8 Å². The van der Waals surface area contributed by atoms with E-state index in [1.54, 1.807) is 4.90 Å². The summed E-state index contributed by atoms with van der Waals surface area (Å²) in [4.78, 5) is 27.2. The second-order valence-corrected chi connectivity index (χ2v) is 6.51. The fourth-order valence-corrected chi connectivity index (χ4v) is 2.31. The largest absolute Gasteiger partial charge is 0.346 e. The second-order valence-electron chi connectivity index (χ2n) is 6.51. The molecule has 5 nitrogen and oxygen atoms in total. The van der Waals surface area contributed by atoms with Gasteiger partial charge in [-0.25, -0.2) is 0 Å². The summed E-state index contributed by atoms with van der Waals surface area (Å²) in [5, 5.41) is 2.68. The van der Waals surface area contributed by atoms with E-state index in [0.717, 1.165) is 19.5 Å². The molecule has 19 heavy (non-hydrogen) atoms. The summed E-state index contributed by atoms with van der Waals surface area (Å²) in [5.41, 5.74) is 0.154. The topological polar surface area (TPSA) is 52.7 Å². The smallest absolute Gasteiger partial charge is 0.241 e. The molecule has 1 fully saturated rings. The summed E-state index contributed by atoms with van der Waals surface area (Å²) < 4.78 is 0. The van der Waals surface area contributed by atoms with Crippen molar-refractivity contribution in [3.8, 4) is 0 Å². The molecule has 0 spiro atoms. The fraction of sp³-hybridized carbons (Fsp3) is 0.857. The van der Waals surface area contributed by atoms with Gasteiger partial charge in [0.2, 0.25) is 11.8 Å². The summed E-state index contributed by atoms with van der Waals surface area (Å²) in [7, 11) is 3.66. The number of hydrogen-bond donors (Lipinski definition) is 1. The van der Waals surface area contributed by atoms with Crippen LogP contribution in [0.15, 0.2) is 0 Å². The normalized spacial score (nSPS) is 22.4. The van der Waals surface area contributed by atoms with Crippen molar-refractivity contribution in [1.82, 2.24) is 15.1 Å². The summed E-state index contributed by atoms with van der Waals surface area (Å²) in [5.74, 6) is 0.537. The molecule has 1 atom stereocenters. The maximum absolute atomic E-state index is 12.1. The number of carbonyl (C=O) groups excluding carboxylic acids is 2. The minimum Gasteiger partial charge on any atom is -0.346 e. The zero-order chi connectivity index (χ0) is 14.6. The Morgan fingerprint density at radius 2 is 2.00 bits per heavy atom. The zero-order valence-corrected chi connectivity index (χ0v) is 12.8. The van der Waals surface area contributed by atoms with Crippen LogP contribution in [0.1, 0.15) is 27.2 Å². The molecule has 0 unspecified atom stereocenters. The molecule has 5 heteroatoms. The molecule has 0 aromatic heterocycles.